The Balaban J connectivity index is 1.38. The molecule has 5 heterocycles. The van der Waals surface area contributed by atoms with Crippen LogP contribution in [0.4, 0.5) is 18.9 Å². The number of aromatic nitrogens is 10. The molecule has 0 saturated heterocycles. The molecule has 188 valence electrons. The van der Waals surface area contributed by atoms with E-state index in [1.807, 2.05) is 0 Å². The fourth-order valence-corrected chi connectivity index (χ4v) is 4.87. The predicted molar refractivity (Wildman–Crippen MR) is 121 cm³/mol. The number of fused-ring (bicyclic) bond motifs is 3. The van der Waals surface area contributed by atoms with Gasteiger partial charge in [-0.1, -0.05) is 16.8 Å². The summed E-state index contributed by atoms with van der Waals surface area (Å²) < 4.78 is 42.2. The maximum atomic E-state index is 14.1. The average Bonchev–Trinajstić information content (AvgIpc) is 3.64. The molecule has 1 aliphatic carbocycles. The van der Waals surface area contributed by atoms with Gasteiger partial charge in [0.05, 0.1) is 58.2 Å². The zero-order valence-corrected chi connectivity index (χ0v) is 19.6. The molecule has 0 aliphatic heterocycles. The van der Waals surface area contributed by atoms with Gasteiger partial charge in [0.15, 0.2) is 11.5 Å². The first-order valence-electron chi connectivity index (χ1n) is 10.8. The van der Waals surface area contributed by atoms with Gasteiger partial charge in [0.2, 0.25) is 11.9 Å². The highest BCUT2D eigenvalue weighted by Crippen LogP contribution is 2.49. The Kier molecular flexibility index (Phi) is 5.18. The summed E-state index contributed by atoms with van der Waals surface area (Å²) in [5.74, 6) is -1.76. The summed E-state index contributed by atoms with van der Waals surface area (Å²) in [5.41, 5.74) is 0.411. The molecule has 1 amide bonds. The van der Waals surface area contributed by atoms with Crippen LogP contribution < -0.4 is 5.32 Å². The van der Waals surface area contributed by atoms with Crippen molar-refractivity contribution in [3.8, 4) is 5.82 Å². The van der Waals surface area contributed by atoms with Gasteiger partial charge in [-0.15, -0.1) is 15.0 Å². The number of pyridine rings is 1. The van der Waals surface area contributed by atoms with Crippen molar-refractivity contribution in [3.63, 3.8) is 0 Å². The van der Waals surface area contributed by atoms with Gasteiger partial charge in [0.25, 0.3) is 0 Å². The fourth-order valence-electron chi connectivity index (χ4n) is 4.63. The van der Waals surface area contributed by atoms with Crippen LogP contribution in [0.2, 0.25) is 5.02 Å². The number of rotatable bonds is 5. The molecule has 1 N–H and O–H groups in total. The second-order valence-corrected chi connectivity index (χ2v) is 8.99. The standard InChI is InChI=1S/C21H15ClF3N11O/c1-21(14-9-34(20(24)25)33-31-14)6-11(12-8-26-16-5-15(23)32-35(16)17(12)21)19(37)30-10-4-13(22)18(27-7-10)36-28-2-3-29-36/h2-5,7-9,11,20H,6H2,1H3,(H,30,37)/t11-,21+/m0/s1. The Bertz CT molecular complexity index is 1650. The van der Waals surface area contributed by atoms with Crippen LogP contribution in [0.5, 0.6) is 0 Å². The van der Waals surface area contributed by atoms with Gasteiger partial charge in [-0.25, -0.2) is 14.5 Å². The molecule has 1 aliphatic rings. The largest absolute Gasteiger partial charge is 0.334 e. The van der Waals surface area contributed by atoms with Gasteiger partial charge >= 0.3 is 6.55 Å². The minimum atomic E-state index is -2.90. The molecule has 37 heavy (non-hydrogen) atoms. The van der Waals surface area contributed by atoms with Crippen LogP contribution >= 0.6 is 11.6 Å². The van der Waals surface area contributed by atoms with Gasteiger partial charge in [0, 0.05) is 17.8 Å². The van der Waals surface area contributed by atoms with E-state index in [0.29, 0.717) is 21.6 Å². The van der Waals surface area contributed by atoms with Crippen molar-refractivity contribution in [3.05, 3.63) is 71.0 Å². The molecule has 0 saturated carbocycles. The fraction of sp³-hybridized carbons (Fsp3) is 0.238. The van der Waals surface area contributed by atoms with Gasteiger partial charge in [0.1, 0.15) is 0 Å². The van der Waals surface area contributed by atoms with Crippen LogP contribution in [0, 0.1) is 5.95 Å². The summed E-state index contributed by atoms with van der Waals surface area (Å²) in [6.45, 7) is -1.19. The smallest absolute Gasteiger partial charge is 0.324 e. The van der Waals surface area contributed by atoms with E-state index in [-0.39, 0.29) is 28.6 Å². The minimum absolute atomic E-state index is 0.106. The highest BCUT2D eigenvalue weighted by molar-refractivity contribution is 6.32. The lowest BCUT2D eigenvalue weighted by Crippen LogP contribution is -2.26. The van der Waals surface area contributed by atoms with E-state index in [1.54, 1.807) is 6.92 Å². The molecular formula is C21H15ClF3N11O. The van der Waals surface area contributed by atoms with Crippen molar-refractivity contribution >= 4 is 28.8 Å². The topological polar surface area (TPSA) is 134 Å². The van der Waals surface area contributed by atoms with Crippen molar-refractivity contribution < 1.29 is 18.0 Å². The third-order valence-electron chi connectivity index (χ3n) is 6.28. The number of carbonyl (C=O) groups is 1. The summed E-state index contributed by atoms with van der Waals surface area (Å²) in [5, 5.41) is 22.2. The zero-order chi connectivity index (χ0) is 25.9. The van der Waals surface area contributed by atoms with E-state index in [0.717, 1.165) is 12.3 Å². The number of hydrogen-bond donors (Lipinski definition) is 1. The quantitative estimate of drug-likeness (QED) is 0.367. The summed E-state index contributed by atoms with van der Waals surface area (Å²) in [4.78, 5) is 23.2. The van der Waals surface area contributed by atoms with E-state index in [9.17, 15) is 18.0 Å². The third-order valence-corrected chi connectivity index (χ3v) is 6.56. The molecule has 0 spiro atoms. The monoisotopic (exact) mass is 529 g/mol. The molecule has 0 aromatic carbocycles. The van der Waals surface area contributed by atoms with Crippen molar-refractivity contribution in [1.82, 2.24) is 49.6 Å². The highest BCUT2D eigenvalue weighted by atomic mass is 35.5. The van der Waals surface area contributed by atoms with Crippen LogP contribution in [0.3, 0.4) is 0 Å². The number of nitrogens with zero attached hydrogens (tertiary/aromatic N) is 10. The minimum Gasteiger partial charge on any atom is -0.324 e. The number of hydrogen-bond acceptors (Lipinski definition) is 8. The normalized spacial score (nSPS) is 19.0. The Morgan fingerprint density at radius 3 is 2.70 bits per heavy atom. The van der Waals surface area contributed by atoms with E-state index in [2.05, 4.69) is 40.9 Å². The SMILES string of the molecule is C[C@]1(c2cn(C(F)F)nn2)C[C@H](C(=O)Nc2cnc(-n3nccn3)c(Cl)c2)c2cnc3cc(F)nn3c21. The second kappa shape index (κ2) is 8.33. The first-order chi connectivity index (χ1) is 17.7. The van der Waals surface area contributed by atoms with E-state index >= 15 is 0 Å². The summed E-state index contributed by atoms with van der Waals surface area (Å²) in [7, 11) is 0. The zero-order valence-electron chi connectivity index (χ0n) is 18.8. The third kappa shape index (κ3) is 3.69. The van der Waals surface area contributed by atoms with Crippen LogP contribution in [0.1, 0.15) is 42.8 Å². The first-order valence-corrected chi connectivity index (χ1v) is 11.2. The molecule has 12 nitrogen and oxygen atoms in total. The molecule has 2 atom stereocenters. The van der Waals surface area contributed by atoms with Crippen molar-refractivity contribution in [2.24, 2.45) is 0 Å². The highest BCUT2D eigenvalue weighted by Gasteiger charge is 2.49. The molecule has 0 unspecified atom stereocenters. The Hall–Kier alpha value is -4.40. The van der Waals surface area contributed by atoms with Crippen LogP contribution in [-0.2, 0) is 10.2 Å². The van der Waals surface area contributed by atoms with E-state index < -0.39 is 29.7 Å². The second-order valence-electron chi connectivity index (χ2n) is 8.59. The Labute approximate surface area is 210 Å². The molecule has 5 aromatic heterocycles. The van der Waals surface area contributed by atoms with Gasteiger partial charge in [-0.2, -0.15) is 28.1 Å². The molecule has 0 bridgehead atoms. The lowest BCUT2D eigenvalue weighted by Gasteiger charge is -2.23. The molecule has 0 fully saturated rings. The molecule has 0 radical (unpaired) electrons. The first kappa shape index (κ1) is 23.0. The maximum Gasteiger partial charge on any atom is 0.334 e. The number of anilines is 1. The average molecular weight is 530 g/mol. The summed E-state index contributed by atoms with van der Waals surface area (Å²) >= 11 is 6.32. The number of alkyl halides is 2. The lowest BCUT2D eigenvalue weighted by atomic mass is 9.83. The molecule has 16 heteroatoms. The van der Waals surface area contributed by atoms with Crippen LogP contribution in [0.25, 0.3) is 11.5 Å². The molecular weight excluding hydrogens is 515 g/mol. The maximum absolute atomic E-state index is 14.1. The summed E-state index contributed by atoms with van der Waals surface area (Å²) in [6, 6.07) is 2.63. The molecule has 5 aromatic rings. The van der Waals surface area contributed by atoms with Gasteiger partial charge in [-0.3, -0.25) is 4.79 Å². The van der Waals surface area contributed by atoms with Crippen LogP contribution in [0.15, 0.2) is 43.1 Å². The number of carbonyl (C=O) groups excluding carboxylic acids is 1. The Morgan fingerprint density at radius 1 is 1.22 bits per heavy atom. The predicted octanol–water partition coefficient (Wildman–Crippen LogP) is 2.92. The van der Waals surface area contributed by atoms with Gasteiger partial charge in [-0.05, 0) is 19.4 Å². The van der Waals surface area contributed by atoms with Crippen molar-refractivity contribution in [2.45, 2.75) is 31.2 Å². The Morgan fingerprint density at radius 2 is 2.00 bits per heavy atom. The number of amides is 1. The van der Waals surface area contributed by atoms with E-state index in [1.165, 1.54) is 40.2 Å². The number of halogens is 4. The van der Waals surface area contributed by atoms with Gasteiger partial charge < -0.3 is 5.32 Å². The molecule has 6 rings (SSSR count). The van der Waals surface area contributed by atoms with Crippen LogP contribution in [-0.4, -0.2) is 55.5 Å². The van der Waals surface area contributed by atoms with Crippen molar-refractivity contribution in [1.29, 1.82) is 0 Å². The summed E-state index contributed by atoms with van der Waals surface area (Å²) in [6.07, 6.45) is 7.01. The number of nitrogens with one attached hydrogen (secondary N) is 1. The van der Waals surface area contributed by atoms with Crippen molar-refractivity contribution in [2.75, 3.05) is 5.32 Å². The van der Waals surface area contributed by atoms with E-state index in [4.69, 9.17) is 11.6 Å². The lowest BCUT2D eigenvalue weighted by molar-refractivity contribution is -0.117.